The molecule has 2 aromatic heterocycles. The van der Waals surface area contributed by atoms with Crippen molar-refractivity contribution in [3.05, 3.63) is 33.9 Å². The Bertz CT molecular complexity index is 989. The predicted molar refractivity (Wildman–Crippen MR) is 100 cm³/mol. The van der Waals surface area contributed by atoms with E-state index in [1.54, 1.807) is 9.47 Å². The summed E-state index contributed by atoms with van der Waals surface area (Å²) in [5.74, 6) is -2.36. The summed E-state index contributed by atoms with van der Waals surface area (Å²) < 4.78 is 30.8. The number of aromatic nitrogens is 2. The van der Waals surface area contributed by atoms with Crippen LogP contribution in [0.25, 0.3) is 11.0 Å². The lowest BCUT2D eigenvalue weighted by Gasteiger charge is -2.20. The number of alkyl halides is 1. The molecule has 2 aliphatic rings. The fourth-order valence-electron chi connectivity index (χ4n) is 3.77. The van der Waals surface area contributed by atoms with Crippen LogP contribution in [0.15, 0.2) is 17.1 Å². The second kappa shape index (κ2) is 7.12. The van der Waals surface area contributed by atoms with Gasteiger partial charge in [0.15, 0.2) is 11.6 Å². The van der Waals surface area contributed by atoms with Gasteiger partial charge in [-0.25, -0.2) is 18.6 Å². The Balaban J connectivity index is 1.78. The van der Waals surface area contributed by atoms with Crippen molar-refractivity contribution in [3.8, 4) is 0 Å². The molecule has 4 rings (SSSR count). The SMILES string of the molecule is CCNC[C@H]1CN(c2nc3c(cc2F)c(=O)c(C(=O)O)cn3C2CC2)C[C@@H]1F. The van der Waals surface area contributed by atoms with E-state index in [0.717, 1.165) is 25.5 Å². The second-order valence-corrected chi connectivity index (χ2v) is 7.47. The van der Waals surface area contributed by atoms with Crippen LogP contribution < -0.4 is 15.6 Å². The highest BCUT2D eigenvalue weighted by molar-refractivity contribution is 5.92. The number of halogens is 2. The molecule has 2 aromatic rings. The molecule has 0 amide bonds. The number of fused-ring (bicyclic) bond motifs is 1. The summed E-state index contributed by atoms with van der Waals surface area (Å²) in [5.41, 5.74) is -0.907. The Kier molecular flexibility index (Phi) is 4.78. The average molecular weight is 392 g/mol. The minimum Gasteiger partial charge on any atom is -0.477 e. The third kappa shape index (κ3) is 3.23. The number of hydrogen-bond donors (Lipinski definition) is 2. The molecule has 0 unspecified atom stereocenters. The Morgan fingerprint density at radius 2 is 2.14 bits per heavy atom. The summed E-state index contributed by atoms with van der Waals surface area (Å²) in [6.07, 6.45) is 1.87. The van der Waals surface area contributed by atoms with Crippen molar-refractivity contribution in [3.63, 3.8) is 0 Å². The Morgan fingerprint density at radius 1 is 1.39 bits per heavy atom. The van der Waals surface area contributed by atoms with Gasteiger partial charge < -0.3 is 19.9 Å². The van der Waals surface area contributed by atoms with Crippen LogP contribution in [0, 0.1) is 11.7 Å². The van der Waals surface area contributed by atoms with Gasteiger partial charge in [-0.05, 0) is 25.5 Å². The van der Waals surface area contributed by atoms with Crippen LogP contribution in [0.4, 0.5) is 14.6 Å². The van der Waals surface area contributed by atoms with Crippen LogP contribution in [0.2, 0.25) is 0 Å². The van der Waals surface area contributed by atoms with E-state index in [9.17, 15) is 23.5 Å². The van der Waals surface area contributed by atoms with E-state index in [4.69, 9.17) is 0 Å². The topological polar surface area (TPSA) is 87.5 Å². The summed E-state index contributed by atoms with van der Waals surface area (Å²) >= 11 is 0. The average Bonchev–Trinajstić information content (AvgIpc) is 3.43. The van der Waals surface area contributed by atoms with Crippen LogP contribution in [0.5, 0.6) is 0 Å². The first-order valence-electron chi connectivity index (χ1n) is 9.49. The quantitative estimate of drug-likeness (QED) is 0.782. The molecule has 28 heavy (non-hydrogen) atoms. The van der Waals surface area contributed by atoms with Crippen LogP contribution in [-0.2, 0) is 0 Å². The molecular weight excluding hydrogens is 370 g/mol. The minimum atomic E-state index is -1.35. The maximum atomic E-state index is 14.8. The molecule has 0 bridgehead atoms. The third-order valence-corrected chi connectivity index (χ3v) is 5.43. The third-order valence-electron chi connectivity index (χ3n) is 5.43. The maximum absolute atomic E-state index is 14.8. The van der Waals surface area contributed by atoms with Crippen molar-refractivity contribution >= 4 is 22.8 Å². The molecule has 7 nitrogen and oxygen atoms in total. The number of carboxylic acid groups (broad SMARTS) is 1. The number of rotatable bonds is 6. The maximum Gasteiger partial charge on any atom is 0.341 e. The molecule has 1 saturated heterocycles. The van der Waals surface area contributed by atoms with Crippen molar-refractivity contribution in [2.24, 2.45) is 5.92 Å². The summed E-state index contributed by atoms with van der Waals surface area (Å²) in [4.78, 5) is 29.8. The molecule has 0 spiro atoms. The molecule has 2 fully saturated rings. The number of nitrogens with zero attached hydrogens (tertiary/aromatic N) is 3. The first kappa shape index (κ1) is 18.8. The van der Waals surface area contributed by atoms with E-state index in [1.165, 1.54) is 6.20 Å². The van der Waals surface area contributed by atoms with E-state index in [0.29, 0.717) is 13.1 Å². The predicted octanol–water partition coefficient (Wildman–Crippen LogP) is 1.95. The molecule has 150 valence electrons. The highest BCUT2D eigenvalue weighted by Crippen LogP contribution is 2.37. The van der Waals surface area contributed by atoms with E-state index in [-0.39, 0.29) is 35.4 Å². The lowest BCUT2D eigenvalue weighted by atomic mass is 10.1. The Hall–Kier alpha value is -2.55. The van der Waals surface area contributed by atoms with Crippen LogP contribution >= 0.6 is 0 Å². The zero-order valence-electron chi connectivity index (χ0n) is 15.5. The van der Waals surface area contributed by atoms with Crippen molar-refractivity contribution in [2.75, 3.05) is 31.1 Å². The largest absolute Gasteiger partial charge is 0.477 e. The number of anilines is 1. The standard InChI is InChI=1S/C19H22F2N4O3/c1-2-22-6-10-7-24(9-15(10)21)18-14(20)5-12-16(26)13(19(27)28)8-25(11-3-4-11)17(12)23-18/h5,8,10-11,15,22H,2-4,6-7,9H2,1H3,(H,27,28)/t10-,15-/m0/s1. The Labute approximate surface area is 160 Å². The molecule has 1 saturated carbocycles. The van der Waals surface area contributed by atoms with E-state index < -0.39 is 29.0 Å². The van der Waals surface area contributed by atoms with Crippen molar-refractivity contribution in [2.45, 2.75) is 32.0 Å². The number of hydrogen-bond acceptors (Lipinski definition) is 5. The zero-order chi connectivity index (χ0) is 20.0. The van der Waals surface area contributed by atoms with Gasteiger partial charge in [-0.15, -0.1) is 0 Å². The van der Waals surface area contributed by atoms with E-state index in [2.05, 4.69) is 10.3 Å². The van der Waals surface area contributed by atoms with E-state index in [1.807, 2.05) is 6.92 Å². The van der Waals surface area contributed by atoms with Crippen LogP contribution in [0.1, 0.15) is 36.2 Å². The smallest absolute Gasteiger partial charge is 0.341 e. The first-order valence-corrected chi connectivity index (χ1v) is 9.49. The van der Waals surface area contributed by atoms with Gasteiger partial charge in [0.25, 0.3) is 0 Å². The van der Waals surface area contributed by atoms with Crippen molar-refractivity contribution in [1.82, 2.24) is 14.9 Å². The fraction of sp³-hybridized carbons (Fsp3) is 0.526. The summed E-state index contributed by atoms with van der Waals surface area (Å²) in [6, 6.07) is 1.08. The summed E-state index contributed by atoms with van der Waals surface area (Å²) in [5, 5.41) is 12.3. The summed E-state index contributed by atoms with van der Waals surface area (Å²) in [7, 11) is 0. The zero-order valence-corrected chi connectivity index (χ0v) is 15.5. The molecule has 1 aliphatic carbocycles. The van der Waals surface area contributed by atoms with Gasteiger partial charge in [-0.2, -0.15) is 0 Å². The monoisotopic (exact) mass is 392 g/mol. The number of nitrogens with one attached hydrogen (secondary N) is 1. The van der Waals surface area contributed by atoms with Gasteiger partial charge >= 0.3 is 5.97 Å². The molecule has 1 aliphatic heterocycles. The number of pyridine rings is 2. The molecular formula is C19H22F2N4O3. The second-order valence-electron chi connectivity index (χ2n) is 7.47. The van der Waals surface area contributed by atoms with Crippen LogP contribution in [0.3, 0.4) is 0 Å². The van der Waals surface area contributed by atoms with Gasteiger partial charge in [0.2, 0.25) is 5.43 Å². The summed E-state index contributed by atoms with van der Waals surface area (Å²) in [6.45, 7) is 3.52. The highest BCUT2D eigenvalue weighted by atomic mass is 19.1. The minimum absolute atomic E-state index is 0.00558. The van der Waals surface area contributed by atoms with Gasteiger partial charge in [-0.3, -0.25) is 4.79 Å². The first-order chi connectivity index (χ1) is 13.4. The van der Waals surface area contributed by atoms with Gasteiger partial charge in [0.05, 0.1) is 11.9 Å². The molecule has 2 atom stereocenters. The molecule has 9 heteroatoms. The number of carbonyl (C=O) groups is 1. The van der Waals surface area contributed by atoms with E-state index >= 15 is 0 Å². The number of carboxylic acids is 1. The molecule has 2 N–H and O–H groups in total. The van der Waals surface area contributed by atoms with Gasteiger partial charge in [0, 0.05) is 31.2 Å². The molecule has 3 heterocycles. The van der Waals surface area contributed by atoms with Gasteiger partial charge in [0.1, 0.15) is 17.4 Å². The molecule has 0 radical (unpaired) electrons. The van der Waals surface area contributed by atoms with Crippen molar-refractivity contribution in [1.29, 1.82) is 0 Å². The molecule has 0 aromatic carbocycles. The highest BCUT2D eigenvalue weighted by Gasteiger charge is 2.35. The lowest BCUT2D eigenvalue weighted by molar-refractivity contribution is 0.0695. The van der Waals surface area contributed by atoms with Gasteiger partial charge in [-0.1, -0.05) is 6.92 Å². The Morgan fingerprint density at radius 3 is 2.79 bits per heavy atom. The lowest BCUT2D eigenvalue weighted by Crippen LogP contribution is -2.29. The normalized spacial score (nSPS) is 22.2. The van der Waals surface area contributed by atoms with Crippen LogP contribution in [-0.4, -0.2) is 53.0 Å². The van der Waals surface area contributed by atoms with Crippen molar-refractivity contribution < 1.29 is 18.7 Å². The number of aromatic carboxylic acids is 1. The fourth-order valence-corrected chi connectivity index (χ4v) is 3.77.